The number of aryl methyl sites for hydroxylation is 2. The third-order valence-corrected chi connectivity index (χ3v) is 7.82. The number of carbonyl (C=O) groups is 1. The second kappa shape index (κ2) is 8.62. The Balaban J connectivity index is 1.61. The van der Waals surface area contributed by atoms with Crippen LogP contribution in [0, 0.1) is 18.6 Å². The number of benzene rings is 1. The molecule has 1 amide bonds. The van der Waals surface area contributed by atoms with E-state index >= 15 is 0 Å². The number of nitrogens with zero attached hydrogens (tertiary/aromatic N) is 3. The summed E-state index contributed by atoms with van der Waals surface area (Å²) in [5, 5.41) is 0.514. The number of piperidine rings is 1. The molecule has 11 heteroatoms. The summed E-state index contributed by atoms with van der Waals surface area (Å²) >= 11 is 1.22. The minimum Gasteiger partial charge on any atom is -0.347 e. The van der Waals surface area contributed by atoms with Gasteiger partial charge in [0, 0.05) is 32.4 Å². The van der Waals surface area contributed by atoms with Gasteiger partial charge >= 0.3 is 0 Å². The van der Waals surface area contributed by atoms with Crippen molar-refractivity contribution in [3.05, 3.63) is 52.7 Å². The number of thiazole rings is 1. The first kappa shape index (κ1) is 22.4. The maximum Gasteiger partial charge on any atom is 0.265 e. The van der Waals surface area contributed by atoms with Crippen LogP contribution in [-0.4, -0.2) is 41.9 Å². The number of sulfonamides is 1. The number of carbonyl (C=O) groups excluding carboxylic acids is 1. The van der Waals surface area contributed by atoms with Crippen LogP contribution >= 0.6 is 11.3 Å². The molecule has 0 spiro atoms. The van der Waals surface area contributed by atoms with Gasteiger partial charge in [-0.05, 0) is 44.4 Å². The van der Waals surface area contributed by atoms with E-state index in [1.807, 2.05) is 4.90 Å². The Labute approximate surface area is 188 Å². The lowest BCUT2D eigenvalue weighted by Gasteiger charge is -2.26. The minimum absolute atomic E-state index is 0.0542. The summed E-state index contributed by atoms with van der Waals surface area (Å²) in [6.45, 7) is 3.21. The fourth-order valence-electron chi connectivity index (χ4n) is 3.61. The van der Waals surface area contributed by atoms with Crippen LogP contribution in [-0.2, 0) is 17.1 Å². The third kappa shape index (κ3) is 4.40. The van der Waals surface area contributed by atoms with Crippen LogP contribution in [0.15, 0.2) is 35.4 Å². The number of anilines is 1. The first-order valence-corrected chi connectivity index (χ1v) is 12.4. The standard InChI is InChI=1S/C21H22F2N4O3S2/c1-13-19(21(28)27-8-4-3-5-9-27)31-20(24-13)18-11-15(12-26(18)2)32(29,30)25-17-7-6-14(22)10-16(17)23/h6-7,10-12,25H,3-5,8-9H2,1-2H3. The highest BCUT2D eigenvalue weighted by Crippen LogP contribution is 2.32. The van der Waals surface area contributed by atoms with E-state index in [2.05, 4.69) is 9.71 Å². The van der Waals surface area contributed by atoms with Crippen molar-refractivity contribution in [2.24, 2.45) is 7.05 Å². The Kier molecular flexibility index (Phi) is 6.04. The first-order valence-electron chi connectivity index (χ1n) is 10.1. The van der Waals surface area contributed by atoms with Gasteiger partial charge in [0.1, 0.15) is 26.4 Å². The zero-order valence-electron chi connectivity index (χ0n) is 17.6. The van der Waals surface area contributed by atoms with Gasteiger partial charge in [-0.15, -0.1) is 11.3 Å². The van der Waals surface area contributed by atoms with Gasteiger partial charge in [-0.1, -0.05) is 0 Å². The zero-order valence-corrected chi connectivity index (χ0v) is 19.2. The fourth-order valence-corrected chi connectivity index (χ4v) is 5.84. The number of nitrogens with one attached hydrogen (secondary N) is 1. The highest BCUT2D eigenvalue weighted by Gasteiger charge is 2.25. The smallest absolute Gasteiger partial charge is 0.265 e. The minimum atomic E-state index is -4.13. The summed E-state index contributed by atoms with van der Waals surface area (Å²) in [6, 6.07) is 4.01. The molecule has 0 unspecified atom stereocenters. The van der Waals surface area contributed by atoms with E-state index < -0.39 is 21.7 Å². The van der Waals surface area contributed by atoms with E-state index in [0.717, 1.165) is 44.5 Å². The van der Waals surface area contributed by atoms with Crippen molar-refractivity contribution in [2.75, 3.05) is 17.8 Å². The highest BCUT2D eigenvalue weighted by atomic mass is 32.2. The summed E-state index contributed by atoms with van der Waals surface area (Å²) in [6.07, 6.45) is 4.46. The Morgan fingerprint density at radius 2 is 1.88 bits per heavy atom. The van der Waals surface area contributed by atoms with Crippen molar-refractivity contribution in [1.29, 1.82) is 0 Å². The van der Waals surface area contributed by atoms with Crippen molar-refractivity contribution in [1.82, 2.24) is 14.5 Å². The van der Waals surface area contributed by atoms with E-state index in [1.165, 1.54) is 23.6 Å². The predicted molar refractivity (Wildman–Crippen MR) is 118 cm³/mol. The van der Waals surface area contributed by atoms with Crippen LogP contribution in [0.25, 0.3) is 10.7 Å². The van der Waals surface area contributed by atoms with E-state index in [4.69, 9.17) is 0 Å². The zero-order chi connectivity index (χ0) is 23.0. The van der Waals surface area contributed by atoms with Crippen LogP contribution in [0.5, 0.6) is 0 Å². The topological polar surface area (TPSA) is 84.3 Å². The summed E-state index contributed by atoms with van der Waals surface area (Å²) in [5.74, 6) is -1.87. The van der Waals surface area contributed by atoms with Gasteiger partial charge in [0.05, 0.1) is 17.1 Å². The van der Waals surface area contributed by atoms with Crippen LogP contribution in [0.1, 0.15) is 34.6 Å². The SMILES string of the molecule is Cc1nc(-c2cc(S(=O)(=O)Nc3ccc(F)cc3F)cn2C)sc1C(=O)N1CCCCC1. The fraction of sp³-hybridized carbons (Fsp3) is 0.333. The summed E-state index contributed by atoms with van der Waals surface area (Å²) in [5.41, 5.74) is 0.754. The van der Waals surface area contributed by atoms with Gasteiger partial charge in [-0.25, -0.2) is 22.2 Å². The Morgan fingerprint density at radius 3 is 2.56 bits per heavy atom. The number of hydrogen-bond acceptors (Lipinski definition) is 5. The van der Waals surface area contributed by atoms with Crippen molar-refractivity contribution in [3.8, 4) is 10.7 Å². The number of halogens is 2. The molecule has 170 valence electrons. The van der Waals surface area contributed by atoms with E-state index in [1.54, 1.807) is 18.5 Å². The van der Waals surface area contributed by atoms with Gasteiger partial charge in [0.25, 0.3) is 15.9 Å². The molecule has 0 radical (unpaired) electrons. The van der Waals surface area contributed by atoms with Crippen LogP contribution < -0.4 is 4.72 Å². The lowest BCUT2D eigenvalue weighted by Crippen LogP contribution is -2.35. The maximum atomic E-state index is 13.9. The molecule has 1 aliphatic heterocycles. The molecule has 0 bridgehead atoms. The maximum absolute atomic E-state index is 13.9. The average Bonchev–Trinajstić information content (AvgIpc) is 3.33. The van der Waals surface area contributed by atoms with Gasteiger partial charge in [0.2, 0.25) is 0 Å². The largest absolute Gasteiger partial charge is 0.347 e. The lowest BCUT2D eigenvalue weighted by atomic mass is 10.1. The Morgan fingerprint density at radius 1 is 1.16 bits per heavy atom. The number of hydrogen-bond donors (Lipinski definition) is 1. The molecule has 3 aromatic rings. The molecule has 1 N–H and O–H groups in total. The molecule has 1 aliphatic rings. The number of rotatable bonds is 5. The Hall–Kier alpha value is -2.79. The van der Waals surface area contributed by atoms with Crippen molar-refractivity contribution < 1.29 is 22.0 Å². The van der Waals surface area contributed by atoms with Gasteiger partial charge < -0.3 is 9.47 Å². The lowest BCUT2D eigenvalue weighted by molar-refractivity contribution is 0.0728. The Bertz CT molecular complexity index is 1280. The van der Waals surface area contributed by atoms with E-state index in [0.29, 0.717) is 27.3 Å². The molecule has 0 saturated carbocycles. The molecule has 1 saturated heterocycles. The molecule has 7 nitrogen and oxygen atoms in total. The predicted octanol–water partition coefficient (Wildman–Crippen LogP) is 4.16. The van der Waals surface area contributed by atoms with Crippen LogP contribution in [0.3, 0.4) is 0 Å². The van der Waals surface area contributed by atoms with Crippen LogP contribution in [0.4, 0.5) is 14.5 Å². The average molecular weight is 481 g/mol. The molecule has 3 heterocycles. The van der Waals surface area contributed by atoms with Gasteiger partial charge in [-0.3, -0.25) is 9.52 Å². The molecule has 4 rings (SSSR count). The monoisotopic (exact) mass is 480 g/mol. The second-order valence-corrected chi connectivity index (χ2v) is 10.4. The number of likely N-dealkylation sites (tertiary alicyclic amines) is 1. The molecule has 0 atom stereocenters. The number of amides is 1. The summed E-state index contributed by atoms with van der Waals surface area (Å²) < 4.78 is 56.3. The third-order valence-electron chi connectivity index (χ3n) is 5.32. The van der Waals surface area contributed by atoms with Crippen molar-refractivity contribution in [3.63, 3.8) is 0 Å². The molecule has 1 aromatic carbocycles. The number of aromatic nitrogens is 2. The molecular weight excluding hydrogens is 458 g/mol. The van der Waals surface area contributed by atoms with Gasteiger partial charge in [0.15, 0.2) is 0 Å². The van der Waals surface area contributed by atoms with Crippen molar-refractivity contribution in [2.45, 2.75) is 31.1 Å². The summed E-state index contributed by atoms with van der Waals surface area (Å²) in [7, 11) is -2.46. The quantitative estimate of drug-likeness (QED) is 0.594. The van der Waals surface area contributed by atoms with Gasteiger partial charge in [-0.2, -0.15) is 0 Å². The highest BCUT2D eigenvalue weighted by molar-refractivity contribution is 7.92. The van der Waals surface area contributed by atoms with E-state index in [9.17, 15) is 22.0 Å². The molecule has 1 fully saturated rings. The van der Waals surface area contributed by atoms with Crippen LogP contribution in [0.2, 0.25) is 0 Å². The molecule has 2 aromatic heterocycles. The second-order valence-electron chi connectivity index (χ2n) is 7.69. The normalized spacial score (nSPS) is 14.6. The first-order chi connectivity index (χ1) is 15.2. The van der Waals surface area contributed by atoms with Crippen molar-refractivity contribution >= 4 is 33.0 Å². The molecule has 32 heavy (non-hydrogen) atoms. The molecular formula is C21H22F2N4O3S2. The van der Waals surface area contributed by atoms with E-state index in [-0.39, 0.29) is 16.5 Å². The summed E-state index contributed by atoms with van der Waals surface area (Å²) in [4.78, 5) is 19.7. The molecule has 0 aliphatic carbocycles.